The Morgan fingerprint density at radius 3 is 2.28 bits per heavy atom. The van der Waals surface area contributed by atoms with Crippen molar-refractivity contribution in [1.82, 2.24) is 5.32 Å². The summed E-state index contributed by atoms with van der Waals surface area (Å²) in [6, 6.07) is 5.24. The molecule has 1 N–H and O–H groups in total. The van der Waals surface area contributed by atoms with Gasteiger partial charge in [0.25, 0.3) is 5.91 Å². The molecule has 1 rings (SSSR count). The summed E-state index contributed by atoms with van der Waals surface area (Å²) in [5.74, 6) is 1.20. The highest BCUT2D eigenvalue weighted by molar-refractivity contribution is 5.94. The lowest BCUT2D eigenvalue weighted by molar-refractivity contribution is 0.0962. The molecule has 0 fully saturated rings. The van der Waals surface area contributed by atoms with Gasteiger partial charge in [0.1, 0.15) is 0 Å². The van der Waals surface area contributed by atoms with Gasteiger partial charge < -0.3 is 14.8 Å². The van der Waals surface area contributed by atoms with E-state index in [1.165, 1.54) is 0 Å². The Labute approximate surface area is 108 Å². The Hall–Kier alpha value is -1.71. The molecule has 100 valence electrons. The van der Waals surface area contributed by atoms with Crippen LogP contribution in [0.15, 0.2) is 18.2 Å². The van der Waals surface area contributed by atoms with E-state index in [-0.39, 0.29) is 5.91 Å². The minimum atomic E-state index is -0.126. The van der Waals surface area contributed by atoms with Crippen LogP contribution < -0.4 is 14.8 Å². The molecule has 0 saturated carbocycles. The van der Waals surface area contributed by atoms with Crippen LogP contribution in [0.4, 0.5) is 0 Å². The maximum atomic E-state index is 11.6. The molecule has 1 amide bonds. The normalized spacial score (nSPS) is 9.94. The molecular weight excluding hydrogens is 230 g/mol. The van der Waals surface area contributed by atoms with Gasteiger partial charge in [-0.15, -0.1) is 0 Å². The topological polar surface area (TPSA) is 47.6 Å². The zero-order valence-electron chi connectivity index (χ0n) is 11.3. The van der Waals surface area contributed by atoms with Gasteiger partial charge in [0, 0.05) is 12.6 Å². The van der Waals surface area contributed by atoms with Gasteiger partial charge in [-0.3, -0.25) is 4.79 Å². The van der Waals surface area contributed by atoms with Crippen molar-refractivity contribution >= 4 is 5.91 Å². The zero-order valence-corrected chi connectivity index (χ0v) is 11.3. The summed E-state index contributed by atoms with van der Waals surface area (Å²) in [5.41, 5.74) is 0.576. The van der Waals surface area contributed by atoms with E-state index in [0.29, 0.717) is 30.3 Å². The number of nitrogens with one attached hydrogen (secondary N) is 1. The predicted octanol–water partition coefficient (Wildman–Crippen LogP) is 2.62. The molecule has 18 heavy (non-hydrogen) atoms. The van der Waals surface area contributed by atoms with E-state index in [9.17, 15) is 4.79 Å². The van der Waals surface area contributed by atoms with Crippen molar-refractivity contribution in [2.24, 2.45) is 0 Å². The Kier molecular flexibility index (Phi) is 6.05. The summed E-state index contributed by atoms with van der Waals surface area (Å²) in [6.45, 7) is 5.34. The molecular formula is C14H21NO3. The van der Waals surface area contributed by atoms with Gasteiger partial charge in [-0.2, -0.15) is 0 Å². The SMILES string of the molecule is CCCOc1ccc(C(=O)NC)cc1OCCC. The number of carbonyl (C=O) groups excluding carboxylic acids is 1. The minimum absolute atomic E-state index is 0.126. The quantitative estimate of drug-likeness (QED) is 0.810. The minimum Gasteiger partial charge on any atom is -0.490 e. The first-order chi connectivity index (χ1) is 8.72. The van der Waals surface area contributed by atoms with Gasteiger partial charge in [0.2, 0.25) is 0 Å². The fraction of sp³-hybridized carbons (Fsp3) is 0.500. The van der Waals surface area contributed by atoms with E-state index in [2.05, 4.69) is 5.32 Å². The van der Waals surface area contributed by atoms with Crippen molar-refractivity contribution in [3.63, 3.8) is 0 Å². The fourth-order valence-corrected chi connectivity index (χ4v) is 1.45. The molecule has 0 aliphatic rings. The third kappa shape index (κ3) is 3.95. The van der Waals surface area contributed by atoms with Gasteiger partial charge in [0.05, 0.1) is 13.2 Å². The lowest BCUT2D eigenvalue weighted by Gasteiger charge is -2.13. The molecule has 0 aliphatic carbocycles. The summed E-state index contributed by atoms with van der Waals surface area (Å²) in [5, 5.41) is 2.59. The summed E-state index contributed by atoms with van der Waals surface area (Å²) >= 11 is 0. The van der Waals surface area contributed by atoms with E-state index < -0.39 is 0 Å². The lowest BCUT2D eigenvalue weighted by Crippen LogP contribution is -2.17. The molecule has 0 unspecified atom stereocenters. The van der Waals surface area contributed by atoms with Crippen LogP contribution in [0.1, 0.15) is 37.0 Å². The number of hydrogen-bond acceptors (Lipinski definition) is 3. The highest BCUT2D eigenvalue weighted by Gasteiger charge is 2.10. The van der Waals surface area contributed by atoms with Crippen LogP contribution in [0.25, 0.3) is 0 Å². The first-order valence-corrected chi connectivity index (χ1v) is 6.34. The Bertz CT molecular complexity index is 391. The third-order valence-electron chi connectivity index (χ3n) is 2.36. The summed E-state index contributed by atoms with van der Waals surface area (Å²) in [4.78, 5) is 11.6. The maximum Gasteiger partial charge on any atom is 0.251 e. The second kappa shape index (κ2) is 7.58. The Morgan fingerprint density at radius 2 is 1.72 bits per heavy atom. The molecule has 0 bridgehead atoms. The summed E-state index contributed by atoms with van der Waals surface area (Å²) < 4.78 is 11.2. The first kappa shape index (κ1) is 14.4. The number of hydrogen-bond donors (Lipinski definition) is 1. The van der Waals surface area contributed by atoms with Crippen molar-refractivity contribution in [3.05, 3.63) is 23.8 Å². The van der Waals surface area contributed by atoms with Crippen LogP contribution in [0, 0.1) is 0 Å². The van der Waals surface area contributed by atoms with Gasteiger partial charge in [-0.25, -0.2) is 0 Å². The Balaban J connectivity index is 2.92. The zero-order chi connectivity index (χ0) is 13.4. The first-order valence-electron chi connectivity index (χ1n) is 6.34. The molecule has 1 aromatic rings. The van der Waals surface area contributed by atoms with Crippen LogP contribution in [0.5, 0.6) is 11.5 Å². The molecule has 1 aromatic carbocycles. The summed E-state index contributed by atoms with van der Waals surface area (Å²) in [6.07, 6.45) is 1.85. The smallest absolute Gasteiger partial charge is 0.251 e. The van der Waals surface area contributed by atoms with Crippen LogP contribution in [0.3, 0.4) is 0 Å². The average molecular weight is 251 g/mol. The molecule has 0 spiro atoms. The van der Waals surface area contributed by atoms with Crippen molar-refractivity contribution < 1.29 is 14.3 Å². The maximum absolute atomic E-state index is 11.6. The second-order valence-corrected chi connectivity index (χ2v) is 3.94. The van der Waals surface area contributed by atoms with E-state index in [0.717, 1.165) is 12.8 Å². The molecule has 4 heteroatoms. The summed E-state index contributed by atoms with van der Waals surface area (Å²) in [7, 11) is 1.61. The predicted molar refractivity (Wildman–Crippen MR) is 71.4 cm³/mol. The lowest BCUT2D eigenvalue weighted by atomic mass is 10.2. The van der Waals surface area contributed by atoms with E-state index in [1.807, 2.05) is 13.8 Å². The number of amides is 1. The second-order valence-electron chi connectivity index (χ2n) is 3.94. The molecule has 0 saturated heterocycles. The highest BCUT2D eigenvalue weighted by atomic mass is 16.5. The number of rotatable bonds is 7. The fourth-order valence-electron chi connectivity index (χ4n) is 1.45. The van der Waals surface area contributed by atoms with Gasteiger partial charge in [-0.05, 0) is 31.0 Å². The van der Waals surface area contributed by atoms with Gasteiger partial charge >= 0.3 is 0 Å². The third-order valence-corrected chi connectivity index (χ3v) is 2.36. The largest absolute Gasteiger partial charge is 0.490 e. The molecule has 0 atom stereocenters. The number of carbonyl (C=O) groups is 1. The van der Waals surface area contributed by atoms with Crippen molar-refractivity contribution in [3.8, 4) is 11.5 Å². The van der Waals surface area contributed by atoms with Crippen molar-refractivity contribution in [2.75, 3.05) is 20.3 Å². The molecule has 0 aromatic heterocycles. The molecule has 4 nitrogen and oxygen atoms in total. The van der Waals surface area contributed by atoms with E-state index >= 15 is 0 Å². The molecule has 0 heterocycles. The molecule has 0 radical (unpaired) electrons. The van der Waals surface area contributed by atoms with Crippen molar-refractivity contribution in [1.29, 1.82) is 0 Å². The van der Waals surface area contributed by atoms with E-state index in [4.69, 9.17) is 9.47 Å². The van der Waals surface area contributed by atoms with Crippen LogP contribution >= 0.6 is 0 Å². The van der Waals surface area contributed by atoms with Crippen LogP contribution in [-0.2, 0) is 0 Å². The van der Waals surface area contributed by atoms with Gasteiger partial charge in [0.15, 0.2) is 11.5 Å². The van der Waals surface area contributed by atoms with Gasteiger partial charge in [-0.1, -0.05) is 13.8 Å². The van der Waals surface area contributed by atoms with Crippen LogP contribution in [0.2, 0.25) is 0 Å². The standard InChI is InChI=1S/C14H21NO3/c1-4-8-17-12-7-6-11(14(16)15-3)10-13(12)18-9-5-2/h6-7,10H,4-5,8-9H2,1-3H3,(H,15,16). The van der Waals surface area contributed by atoms with E-state index in [1.54, 1.807) is 25.2 Å². The highest BCUT2D eigenvalue weighted by Crippen LogP contribution is 2.28. The number of benzene rings is 1. The monoisotopic (exact) mass is 251 g/mol. The average Bonchev–Trinajstić information content (AvgIpc) is 2.42. The van der Waals surface area contributed by atoms with Crippen molar-refractivity contribution in [2.45, 2.75) is 26.7 Å². The number of ether oxygens (including phenoxy) is 2. The van der Waals surface area contributed by atoms with Crippen LogP contribution in [-0.4, -0.2) is 26.2 Å². The Morgan fingerprint density at radius 1 is 1.11 bits per heavy atom. The molecule has 0 aliphatic heterocycles.